The number of hydrogen-bond donors (Lipinski definition) is 1. The Balaban J connectivity index is 2.13. The lowest BCUT2D eigenvalue weighted by molar-refractivity contribution is -0.136. The van der Waals surface area contributed by atoms with Crippen LogP contribution >= 0.6 is 11.3 Å². The second-order valence-corrected chi connectivity index (χ2v) is 6.73. The Hall–Kier alpha value is -2.20. The van der Waals surface area contributed by atoms with Crippen molar-refractivity contribution in [2.75, 3.05) is 0 Å². The summed E-state index contributed by atoms with van der Waals surface area (Å²) in [4.78, 5) is 16.6. The van der Waals surface area contributed by atoms with Gasteiger partial charge in [-0.25, -0.2) is 4.98 Å². The number of benzene rings is 2. The quantitative estimate of drug-likeness (QED) is 0.759. The second kappa shape index (κ2) is 5.89. The lowest BCUT2D eigenvalue weighted by Crippen LogP contribution is -1.99. The summed E-state index contributed by atoms with van der Waals surface area (Å²) in [6, 6.07) is 14.3. The molecule has 1 heterocycles. The van der Waals surface area contributed by atoms with Crippen LogP contribution in [0.1, 0.15) is 29.7 Å². The highest BCUT2D eigenvalue weighted by atomic mass is 32.1. The molecule has 3 rings (SSSR count). The minimum atomic E-state index is -0.819. The van der Waals surface area contributed by atoms with Gasteiger partial charge in [0.25, 0.3) is 0 Å². The van der Waals surface area contributed by atoms with Gasteiger partial charge in [0, 0.05) is 16.4 Å². The summed E-state index contributed by atoms with van der Waals surface area (Å²) < 4.78 is 0. The molecule has 0 radical (unpaired) electrons. The summed E-state index contributed by atoms with van der Waals surface area (Å²) in [5.74, 6) is -0.521. The van der Waals surface area contributed by atoms with Gasteiger partial charge in [-0.2, -0.15) is 0 Å². The van der Waals surface area contributed by atoms with E-state index in [0.717, 1.165) is 26.5 Å². The molecule has 112 valence electrons. The van der Waals surface area contributed by atoms with Gasteiger partial charge in [0.2, 0.25) is 0 Å². The Morgan fingerprint density at radius 1 is 1.18 bits per heavy atom. The molecule has 0 saturated heterocycles. The summed E-state index contributed by atoms with van der Waals surface area (Å²) in [5, 5.41) is 12.4. The van der Waals surface area contributed by atoms with E-state index < -0.39 is 5.97 Å². The minimum absolute atomic E-state index is 0.0204. The van der Waals surface area contributed by atoms with Crippen LogP contribution in [0.25, 0.3) is 22.0 Å². The number of nitrogens with zero attached hydrogens (tertiary/aromatic N) is 1. The summed E-state index contributed by atoms with van der Waals surface area (Å²) in [7, 11) is 0. The van der Waals surface area contributed by atoms with Crippen molar-refractivity contribution in [1.29, 1.82) is 0 Å². The number of aromatic nitrogens is 1. The molecule has 1 aromatic heterocycles. The highest BCUT2D eigenvalue weighted by molar-refractivity contribution is 7.12. The fraction of sp³-hybridized carbons (Fsp3) is 0.222. The first-order valence-corrected chi connectivity index (χ1v) is 8.07. The van der Waals surface area contributed by atoms with Gasteiger partial charge in [-0.1, -0.05) is 50.2 Å². The number of rotatable bonds is 4. The summed E-state index contributed by atoms with van der Waals surface area (Å²) in [5.41, 5.74) is 1.79. The standard InChI is InChI=1S/C18H17NO2S/c1-11(2)18-19-17(15(22-18)10-16(20)21)14-8-7-12-5-3-4-6-13(12)9-14/h3-9,11H,10H2,1-2H3,(H,20,21). The average molecular weight is 311 g/mol. The van der Waals surface area contributed by atoms with Crippen molar-refractivity contribution in [3.05, 3.63) is 52.3 Å². The molecule has 4 heteroatoms. The fourth-order valence-electron chi connectivity index (χ4n) is 2.44. The Bertz CT molecular complexity index is 836. The Morgan fingerprint density at radius 2 is 1.91 bits per heavy atom. The number of hydrogen-bond acceptors (Lipinski definition) is 3. The maximum absolute atomic E-state index is 11.1. The van der Waals surface area contributed by atoms with E-state index in [4.69, 9.17) is 10.1 Å². The number of thiazole rings is 1. The zero-order valence-electron chi connectivity index (χ0n) is 12.5. The van der Waals surface area contributed by atoms with E-state index in [1.165, 1.54) is 16.7 Å². The largest absolute Gasteiger partial charge is 0.481 e. The third-order valence-corrected chi connectivity index (χ3v) is 4.90. The summed E-state index contributed by atoms with van der Waals surface area (Å²) in [6.07, 6.45) is 0.0204. The molecule has 3 nitrogen and oxygen atoms in total. The van der Waals surface area contributed by atoms with Crippen LogP contribution < -0.4 is 0 Å². The topological polar surface area (TPSA) is 50.2 Å². The molecule has 0 bridgehead atoms. The maximum Gasteiger partial charge on any atom is 0.308 e. The Kier molecular flexibility index (Phi) is 3.94. The van der Waals surface area contributed by atoms with Gasteiger partial charge in [0.15, 0.2) is 0 Å². The number of fused-ring (bicyclic) bond motifs is 1. The van der Waals surface area contributed by atoms with Crippen LogP contribution in [0.2, 0.25) is 0 Å². The normalized spacial score (nSPS) is 11.2. The summed E-state index contributed by atoms with van der Waals surface area (Å²) >= 11 is 1.50. The highest BCUT2D eigenvalue weighted by Crippen LogP contribution is 2.33. The second-order valence-electron chi connectivity index (χ2n) is 5.61. The molecule has 0 fully saturated rings. The molecule has 0 atom stereocenters. The van der Waals surface area contributed by atoms with Crippen molar-refractivity contribution in [3.63, 3.8) is 0 Å². The van der Waals surface area contributed by atoms with Crippen LogP contribution in [0.3, 0.4) is 0 Å². The number of carboxylic acids is 1. The predicted molar refractivity (Wildman–Crippen MR) is 90.5 cm³/mol. The summed E-state index contributed by atoms with van der Waals surface area (Å²) in [6.45, 7) is 4.15. The molecular formula is C18H17NO2S. The molecule has 0 amide bonds. The first-order chi connectivity index (χ1) is 10.5. The van der Waals surface area contributed by atoms with Crippen LogP contribution in [0.4, 0.5) is 0 Å². The minimum Gasteiger partial charge on any atom is -0.481 e. The van der Waals surface area contributed by atoms with E-state index in [0.29, 0.717) is 5.92 Å². The van der Waals surface area contributed by atoms with Gasteiger partial charge in [0.1, 0.15) is 0 Å². The van der Waals surface area contributed by atoms with Crippen molar-refractivity contribution in [2.45, 2.75) is 26.2 Å². The van der Waals surface area contributed by atoms with Crippen LogP contribution in [-0.4, -0.2) is 16.1 Å². The third-order valence-electron chi connectivity index (χ3n) is 3.54. The fourth-order valence-corrected chi connectivity index (χ4v) is 3.52. The van der Waals surface area contributed by atoms with E-state index >= 15 is 0 Å². The molecule has 0 spiro atoms. The van der Waals surface area contributed by atoms with Crippen molar-refractivity contribution < 1.29 is 9.90 Å². The SMILES string of the molecule is CC(C)c1nc(-c2ccc3ccccc3c2)c(CC(=O)O)s1. The smallest absolute Gasteiger partial charge is 0.308 e. The lowest BCUT2D eigenvalue weighted by Gasteiger charge is -2.03. The number of carboxylic acid groups (broad SMARTS) is 1. The van der Waals surface area contributed by atoms with E-state index in [-0.39, 0.29) is 6.42 Å². The van der Waals surface area contributed by atoms with Gasteiger partial charge in [-0.3, -0.25) is 4.79 Å². The number of aliphatic carboxylic acids is 1. The molecule has 2 aromatic carbocycles. The van der Waals surface area contributed by atoms with Gasteiger partial charge in [0.05, 0.1) is 17.1 Å². The average Bonchev–Trinajstić information content (AvgIpc) is 2.90. The zero-order chi connectivity index (χ0) is 15.7. The molecule has 0 aliphatic heterocycles. The zero-order valence-corrected chi connectivity index (χ0v) is 13.4. The van der Waals surface area contributed by atoms with Crippen LogP contribution in [-0.2, 0) is 11.2 Å². The third kappa shape index (κ3) is 2.88. The van der Waals surface area contributed by atoms with E-state index in [2.05, 4.69) is 38.1 Å². The van der Waals surface area contributed by atoms with E-state index in [1.54, 1.807) is 0 Å². The van der Waals surface area contributed by atoms with Crippen LogP contribution in [0, 0.1) is 0 Å². The van der Waals surface area contributed by atoms with Crippen molar-refractivity contribution in [1.82, 2.24) is 4.98 Å². The number of carbonyl (C=O) groups is 1. The van der Waals surface area contributed by atoms with Crippen molar-refractivity contribution >= 4 is 28.1 Å². The van der Waals surface area contributed by atoms with Crippen LogP contribution in [0.5, 0.6) is 0 Å². The lowest BCUT2D eigenvalue weighted by atomic mass is 10.0. The Labute approximate surface area is 133 Å². The molecule has 0 aliphatic carbocycles. The highest BCUT2D eigenvalue weighted by Gasteiger charge is 2.17. The molecule has 0 saturated carbocycles. The van der Waals surface area contributed by atoms with Crippen molar-refractivity contribution in [3.8, 4) is 11.3 Å². The van der Waals surface area contributed by atoms with Gasteiger partial charge in [-0.05, 0) is 16.8 Å². The van der Waals surface area contributed by atoms with E-state index in [1.807, 2.05) is 18.2 Å². The first kappa shape index (κ1) is 14.7. The molecule has 3 aromatic rings. The monoisotopic (exact) mass is 311 g/mol. The first-order valence-electron chi connectivity index (χ1n) is 7.25. The Morgan fingerprint density at radius 3 is 2.59 bits per heavy atom. The maximum atomic E-state index is 11.1. The predicted octanol–water partition coefficient (Wildman–Crippen LogP) is 4.71. The molecule has 0 aliphatic rings. The van der Waals surface area contributed by atoms with Gasteiger partial charge in [-0.15, -0.1) is 11.3 Å². The van der Waals surface area contributed by atoms with Crippen molar-refractivity contribution in [2.24, 2.45) is 0 Å². The molecule has 0 unspecified atom stereocenters. The molecular weight excluding hydrogens is 294 g/mol. The molecule has 22 heavy (non-hydrogen) atoms. The van der Waals surface area contributed by atoms with Gasteiger partial charge < -0.3 is 5.11 Å². The molecule has 1 N–H and O–H groups in total. The van der Waals surface area contributed by atoms with E-state index in [9.17, 15) is 4.79 Å². The van der Waals surface area contributed by atoms with Gasteiger partial charge >= 0.3 is 5.97 Å². The van der Waals surface area contributed by atoms with Crippen LogP contribution in [0.15, 0.2) is 42.5 Å².